The minimum atomic E-state index is -5.05. The lowest BCUT2D eigenvalue weighted by Crippen LogP contribution is -2.60. The molecule has 0 aromatic heterocycles. The van der Waals surface area contributed by atoms with Crippen LogP contribution in [0.2, 0.25) is 0 Å². The summed E-state index contributed by atoms with van der Waals surface area (Å²) in [7, 11) is -5.05. The van der Waals surface area contributed by atoms with E-state index in [0.29, 0.717) is 31.2 Å². The molecule has 4 bridgehead atoms. The third-order valence-corrected chi connectivity index (χ3v) is 10.9. The molecule has 0 saturated heterocycles. The van der Waals surface area contributed by atoms with Crippen molar-refractivity contribution in [2.45, 2.75) is 50.2 Å². The monoisotopic (exact) mass is 822 g/mol. The van der Waals surface area contributed by atoms with Gasteiger partial charge in [0.15, 0.2) is 5.75 Å². The van der Waals surface area contributed by atoms with E-state index in [1.165, 1.54) is 0 Å². The molecule has 0 aliphatic heterocycles. The number of rotatable bonds is 6. The van der Waals surface area contributed by atoms with Gasteiger partial charge in [0.2, 0.25) is 0 Å². The number of benzene rings is 1. The molecule has 1 aromatic rings. The highest BCUT2D eigenvalue weighted by Gasteiger charge is 2.64. The molecule has 0 amide bonds. The molecule has 0 spiro atoms. The fourth-order valence-corrected chi connectivity index (χ4v) is 8.84. The average Bonchev–Trinajstić information content (AvgIpc) is 2.60. The van der Waals surface area contributed by atoms with Crippen molar-refractivity contribution in [3.8, 4) is 0 Å². The second-order valence-corrected chi connectivity index (χ2v) is 14.3. The maximum Gasteiger partial charge on any atom is 0.416 e. The summed E-state index contributed by atoms with van der Waals surface area (Å²) in [5.74, 6) is -3.70. The van der Waals surface area contributed by atoms with Crippen LogP contribution in [0.25, 0.3) is 0 Å². The minimum absolute atomic E-state index is 0.0110. The van der Waals surface area contributed by atoms with Gasteiger partial charge < -0.3 is 9.47 Å². The summed E-state index contributed by atoms with van der Waals surface area (Å²) in [5, 5.41) is 0. The van der Waals surface area contributed by atoms with Crippen molar-refractivity contribution in [1.29, 1.82) is 0 Å². The second kappa shape index (κ2) is 8.90. The molecule has 4 aliphatic rings. The van der Waals surface area contributed by atoms with Gasteiger partial charge in [-0.3, -0.25) is 9.35 Å². The molecule has 182 valence electrons. The summed E-state index contributed by atoms with van der Waals surface area (Å²) in [6.07, 6.45) is -1.76. The molecule has 0 heterocycles. The van der Waals surface area contributed by atoms with Gasteiger partial charge in [0.1, 0.15) is 5.60 Å². The van der Waals surface area contributed by atoms with Crippen molar-refractivity contribution < 1.29 is 40.8 Å². The smallest absolute Gasteiger partial charge is 0.416 e. The zero-order valence-corrected chi connectivity index (χ0v) is 24.2. The predicted octanol–water partition coefficient (Wildman–Crippen LogP) is 5.02. The van der Waals surface area contributed by atoms with E-state index in [0.717, 1.165) is 17.1 Å². The van der Waals surface area contributed by atoms with Crippen LogP contribution in [0.15, 0.2) is 12.1 Å². The Hall–Kier alpha value is 0.120. The van der Waals surface area contributed by atoms with E-state index < -0.39 is 44.9 Å². The molecule has 13 heteroatoms. The van der Waals surface area contributed by atoms with Gasteiger partial charge in [-0.25, -0.2) is 4.79 Å². The number of esters is 2. The number of alkyl halides is 2. The number of hydrogen-bond donors (Lipinski definition) is 1. The van der Waals surface area contributed by atoms with Crippen molar-refractivity contribution in [2.24, 2.45) is 17.3 Å². The van der Waals surface area contributed by atoms with Crippen LogP contribution in [-0.2, 0) is 24.4 Å². The Labute approximate surface area is 230 Å². The summed E-state index contributed by atoms with van der Waals surface area (Å²) in [5.41, 5.74) is -1.83. The van der Waals surface area contributed by atoms with Gasteiger partial charge in [0, 0.05) is 17.1 Å². The lowest BCUT2D eigenvalue weighted by Gasteiger charge is -2.59. The summed E-state index contributed by atoms with van der Waals surface area (Å²) in [4.78, 5) is 26.1. The highest BCUT2D eigenvalue weighted by atomic mass is 127. The first kappa shape index (κ1) is 26.2. The zero-order chi connectivity index (χ0) is 24.4. The van der Waals surface area contributed by atoms with Crippen LogP contribution in [0, 0.1) is 28.0 Å². The minimum Gasteiger partial charge on any atom is -0.455 e. The van der Waals surface area contributed by atoms with Gasteiger partial charge >= 0.3 is 18.0 Å². The van der Waals surface area contributed by atoms with Gasteiger partial charge in [-0.15, -0.1) is 0 Å². The molecule has 2 unspecified atom stereocenters. The topological polar surface area (TPSA) is 107 Å². The van der Waals surface area contributed by atoms with Gasteiger partial charge in [-0.2, -0.15) is 17.2 Å². The molecule has 7 nitrogen and oxygen atoms in total. The van der Waals surface area contributed by atoms with Gasteiger partial charge in [-0.05, 0) is 124 Å². The first-order valence-electron chi connectivity index (χ1n) is 10.1. The summed E-state index contributed by atoms with van der Waals surface area (Å²) < 4.78 is 71.5. The van der Waals surface area contributed by atoms with E-state index in [4.69, 9.17) is 9.29 Å². The Bertz CT molecular complexity index is 1110. The van der Waals surface area contributed by atoms with Crippen LogP contribution >= 0.6 is 67.8 Å². The second-order valence-electron chi connectivity index (χ2n) is 9.32. The van der Waals surface area contributed by atoms with E-state index >= 15 is 0 Å². The van der Waals surface area contributed by atoms with Crippen LogP contribution in [0.3, 0.4) is 0 Å². The standard InChI is InChI=1S/C20H19F2I3O7S/c21-20(22,9-33(28,29)30)32-17(27)18-4-10-1-11(5-18)7-19(6-10,8-18)31-16(26)13-2-12(23)3-14(24)15(13)25/h2-3,10-11H,1,4-9H2,(H,28,29,30). The van der Waals surface area contributed by atoms with Crippen LogP contribution in [-0.4, -0.2) is 42.4 Å². The molecule has 4 fully saturated rings. The normalized spacial score (nSPS) is 30.8. The molecule has 1 aromatic carbocycles. The Balaban J connectivity index is 1.58. The predicted molar refractivity (Wildman–Crippen MR) is 137 cm³/mol. The summed E-state index contributed by atoms with van der Waals surface area (Å²) in [6, 6.07) is 3.66. The van der Waals surface area contributed by atoms with Gasteiger partial charge in [0.05, 0.1) is 11.0 Å². The van der Waals surface area contributed by atoms with Crippen molar-refractivity contribution in [1.82, 2.24) is 0 Å². The Morgan fingerprint density at radius 2 is 1.73 bits per heavy atom. The Kier molecular flexibility index (Phi) is 7.06. The highest BCUT2D eigenvalue weighted by Crippen LogP contribution is 2.63. The maximum absolute atomic E-state index is 14.0. The molecule has 5 rings (SSSR count). The molecular weight excluding hydrogens is 803 g/mol. The molecule has 33 heavy (non-hydrogen) atoms. The third-order valence-electron chi connectivity index (χ3n) is 6.55. The van der Waals surface area contributed by atoms with E-state index in [9.17, 15) is 26.8 Å². The lowest BCUT2D eigenvalue weighted by atomic mass is 9.48. The highest BCUT2D eigenvalue weighted by molar-refractivity contribution is 14.1. The number of carbonyl (C=O) groups is 2. The number of hydrogen-bond acceptors (Lipinski definition) is 6. The first-order chi connectivity index (χ1) is 15.1. The fraction of sp³-hybridized carbons (Fsp3) is 0.600. The van der Waals surface area contributed by atoms with E-state index in [1.54, 1.807) is 6.07 Å². The summed E-state index contributed by atoms with van der Waals surface area (Å²) in [6.45, 7) is 0. The van der Waals surface area contributed by atoms with Gasteiger partial charge in [-0.1, -0.05) is 0 Å². The molecule has 4 aliphatic carbocycles. The number of carbonyl (C=O) groups excluding carboxylic acids is 2. The lowest BCUT2D eigenvalue weighted by molar-refractivity contribution is -0.247. The zero-order valence-electron chi connectivity index (χ0n) is 17.0. The van der Waals surface area contributed by atoms with Crippen molar-refractivity contribution in [3.63, 3.8) is 0 Å². The van der Waals surface area contributed by atoms with Crippen LogP contribution < -0.4 is 0 Å². The maximum atomic E-state index is 14.0. The number of ether oxygens (including phenoxy) is 2. The molecule has 1 N–H and O–H groups in total. The van der Waals surface area contributed by atoms with Crippen LogP contribution in [0.5, 0.6) is 0 Å². The first-order valence-corrected chi connectivity index (χ1v) is 14.9. The van der Waals surface area contributed by atoms with E-state index in [2.05, 4.69) is 72.5 Å². The summed E-state index contributed by atoms with van der Waals surface area (Å²) >= 11 is 6.33. The molecule has 0 radical (unpaired) electrons. The number of halogens is 5. The largest absolute Gasteiger partial charge is 0.455 e. The third kappa shape index (κ3) is 5.60. The molecule has 2 atom stereocenters. The van der Waals surface area contributed by atoms with E-state index in [-0.39, 0.29) is 18.3 Å². The van der Waals surface area contributed by atoms with Crippen molar-refractivity contribution in [2.75, 3.05) is 5.75 Å². The van der Waals surface area contributed by atoms with Crippen LogP contribution in [0.4, 0.5) is 8.78 Å². The SMILES string of the molecule is O=C(OC12CC3CC(C1)CC(C(=O)OC(F)(F)CS(=O)(=O)O)(C3)C2)c1cc(I)cc(I)c1I. The van der Waals surface area contributed by atoms with Crippen molar-refractivity contribution in [3.05, 3.63) is 28.4 Å². The Morgan fingerprint density at radius 3 is 2.30 bits per heavy atom. The fourth-order valence-electron chi connectivity index (χ4n) is 5.98. The molecule has 4 saturated carbocycles. The van der Waals surface area contributed by atoms with E-state index in [1.807, 2.05) is 6.07 Å². The van der Waals surface area contributed by atoms with Crippen molar-refractivity contribution >= 4 is 89.8 Å². The quantitative estimate of drug-likeness (QED) is 0.186. The Morgan fingerprint density at radius 1 is 1.12 bits per heavy atom. The van der Waals surface area contributed by atoms with Crippen LogP contribution in [0.1, 0.15) is 48.9 Å². The average molecular weight is 822 g/mol. The molecular formula is C20H19F2I3O7S. The van der Waals surface area contributed by atoms with Gasteiger partial charge in [0.25, 0.3) is 10.1 Å².